The quantitative estimate of drug-likeness (QED) is 0.609. The second kappa shape index (κ2) is 3.35. The molecule has 0 spiro atoms. The number of rotatable bonds is 2. The summed E-state index contributed by atoms with van der Waals surface area (Å²) in [6, 6.07) is 0. The number of Topliss-reactive ketones (excluding diaryl/α,β-unsaturated/α-hetero) is 1. The summed E-state index contributed by atoms with van der Waals surface area (Å²) in [7, 11) is 0. The van der Waals surface area contributed by atoms with E-state index in [1.165, 1.54) is 0 Å². The number of alkyl halides is 3. The van der Waals surface area contributed by atoms with Gasteiger partial charge in [0.15, 0.2) is 5.78 Å². The molecule has 3 nitrogen and oxygen atoms in total. The van der Waals surface area contributed by atoms with Crippen LogP contribution in [0.3, 0.4) is 0 Å². The van der Waals surface area contributed by atoms with Gasteiger partial charge in [0, 0.05) is 6.54 Å². The van der Waals surface area contributed by atoms with Gasteiger partial charge in [0.05, 0.1) is 19.4 Å². The minimum Gasteiger partial charge on any atom is -0.335 e. The summed E-state index contributed by atoms with van der Waals surface area (Å²) in [6.07, 6.45) is -5.57. The van der Waals surface area contributed by atoms with Gasteiger partial charge in [0.2, 0.25) is 5.91 Å². The van der Waals surface area contributed by atoms with Crippen molar-refractivity contribution in [2.45, 2.75) is 19.0 Å². The summed E-state index contributed by atoms with van der Waals surface area (Å²) in [5.41, 5.74) is 0. The fourth-order valence-corrected chi connectivity index (χ4v) is 1.10. The number of likely N-dealkylation sites (tertiary alicyclic amines) is 1. The Kier molecular flexibility index (Phi) is 2.58. The number of hydrogen-bond donors (Lipinski definition) is 0. The van der Waals surface area contributed by atoms with Crippen LogP contribution < -0.4 is 0 Å². The largest absolute Gasteiger partial charge is 0.390 e. The van der Waals surface area contributed by atoms with Crippen LogP contribution in [-0.2, 0) is 9.59 Å². The van der Waals surface area contributed by atoms with Crippen LogP contribution in [0.4, 0.5) is 13.2 Å². The van der Waals surface area contributed by atoms with E-state index >= 15 is 0 Å². The number of nitrogens with zero attached hydrogens (tertiary/aromatic N) is 1. The lowest BCUT2D eigenvalue weighted by Crippen LogP contribution is -2.29. The van der Waals surface area contributed by atoms with Crippen molar-refractivity contribution >= 4 is 11.7 Å². The highest BCUT2D eigenvalue weighted by molar-refractivity contribution is 6.05. The molecule has 1 heterocycles. The molecule has 74 valence electrons. The van der Waals surface area contributed by atoms with Gasteiger partial charge in [0.25, 0.3) is 0 Å². The van der Waals surface area contributed by atoms with Crippen LogP contribution in [0, 0.1) is 0 Å². The van der Waals surface area contributed by atoms with Gasteiger partial charge in [-0.25, -0.2) is 0 Å². The van der Waals surface area contributed by atoms with E-state index < -0.39 is 25.0 Å². The summed E-state index contributed by atoms with van der Waals surface area (Å²) < 4.78 is 35.1. The van der Waals surface area contributed by atoms with Gasteiger partial charge in [-0.1, -0.05) is 0 Å². The Hall–Kier alpha value is -1.07. The average Bonchev–Trinajstić information content (AvgIpc) is 2.24. The zero-order chi connectivity index (χ0) is 10.1. The van der Waals surface area contributed by atoms with Crippen LogP contribution >= 0.6 is 0 Å². The van der Waals surface area contributed by atoms with E-state index in [0.29, 0.717) is 0 Å². The highest BCUT2D eigenvalue weighted by Gasteiger charge is 2.32. The Bertz CT molecular complexity index is 236. The van der Waals surface area contributed by atoms with Crippen molar-refractivity contribution in [3.8, 4) is 0 Å². The van der Waals surface area contributed by atoms with Gasteiger partial charge in [-0.05, 0) is 0 Å². The lowest BCUT2D eigenvalue weighted by atomic mass is 10.3. The first-order chi connectivity index (χ1) is 5.88. The average molecular weight is 195 g/mol. The van der Waals surface area contributed by atoms with Gasteiger partial charge in [-0.2, -0.15) is 13.2 Å². The summed E-state index contributed by atoms with van der Waals surface area (Å²) >= 11 is 0. The summed E-state index contributed by atoms with van der Waals surface area (Å²) in [5.74, 6) is -0.818. The number of carbonyl (C=O) groups is 2. The lowest BCUT2D eigenvalue weighted by Gasteiger charge is -2.15. The fraction of sp³-hybridized carbons (Fsp3) is 0.714. The van der Waals surface area contributed by atoms with Crippen molar-refractivity contribution in [2.75, 3.05) is 13.1 Å². The standard InChI is InChI=1S/C7H8F3NO2/c8-7(9,10)1-2-11-4-5(12)3-6(11)13/h1-4H2. The van der Waals surface area contributed by atoms with Crippen LogP contribution in [0.1, 0.15) is 12.8 Å². The zero-order valence-corrected chi connectivity index (χ0v) is 6.73. The topological polar surface area (TPSA) is 37.4 Å². The van der Waals surface area contributed by atoms with Gasteiger partial charge in [0.1, 0.15) is 0 Å². The van der Waals surface area contributed by atoms with Crippen molar-refractivity contribution in [1.29, 1.82) is 0 Å². The van der Waals surface area contributed by atoms with Crippen LogP contribution in [0.2, 0.25) is 0 Å². The molecule has 1 rings (SSSR count). The smallest absolute Gasteiger partial charge is 0.335 e. The van der Waals surface area contributed by atoms with E-state index in [0.717, 1.165) is 4.90 Å². The molecule has 0 aromatic heterocycles. The van der Waals surface area contributed by atoms with Crippen LogP contribution in [0.25, 0.3) is 0 Å². The molecule has 13 heavy (non-hydrogen) atoms. The molecule has 0 N–H and O–H groups in total. The molecular weight excluding hydrogens is 187 g/mol. The molecule has 0 atom stereocenters. The van der Waals surface area contributed by atoms with Crippen molar-refractivity contribution in [1.82, 2.24) is 4.90 Å². The number of ketones is 1. The molecule has 0 aliphatic carbocycles. The first kappa shape index (κ1) is 10.0. The third kappa shape index (κ3) is 3.04. The Morgan fingerprint density at radius 1 is 1.31 bits per heavy atom. The molecule has 1 fully saturated rings. The van der Waals surface area contributed by atoms with Crippen molar-refractivity contribution in [3.63, 3.8) is 0 Å². The van der Waals surface area contributed by atoms with Crippen LogP contribution in [-0.4, -0.2) is 35.9 Å². The second-order valence-corrected chi connectivity index (χ2v) is 2.90. The SMILES string of the molecule is O=C1CC(=O)N(CCC(F)(F)F)C1. The molecule has 1 amide bonds. The summed E-state index contributed by atoms with van der Waals surface area (Å²) in [5, 5.41) is 0. The van der Waals surface area contributed by atoms with Crippen molar-refractivity contribution in [3.05, 3.63) is 0 Å². The molecule has 6 heteroatoms. The molecule has 0 aromatic rings. The van der Waals surface area contributed by atoms with Gasteiger partial charge in [-0.15, -0.1) is 0 Å². The van der Waals surface area contributed by atoms with E-state index in [2.05, 4.69) is 0 Å². The predicted octanol–water partition coefficient (Wildman–Crippen LogP) is 0.740. The molecule has 0 saturated carbocycles. The molecular formula is C7H8F3NO2. The first-order valence-electron chi connectivity index (χ1n) is 3.75. The van der Waals surface area contributed by atoms with Crippen LogP contribution in [0.15, 0.2) is 0 Å². The Labute approximate surface area is 72.5 Å². The minimum absolute atomic E-state index is 0.172. The highest BCUT2D eigenvalue weighted by atomic mass is 19.4. The maximum Gasteiger partial charge on any atom is 0.390 e. The molecule has 0 unspecified atom stereocenters. The van der Waals surface area contributed by atoms with E-state index in [-0.39, 0.29) is 18.7 Å². The van der Waals surface area contributed by atoms with Gasteiger partial charge in [-0.3, -0.25) is 9.59 Å². The van der Waals surface area contributed by atoms with Crippen molar-refractivity contribution in [2.24, 2.45) is 0 Å². The molecule has 1 saturated heterocycles. The van der Waals surface area contributed by atoms with Gasteiger partial charge < -0.3 is 4.90 Å². The Morgan fingerprint density at radius 3 is 2.31 bits per heavy atom. The van der Waals surface area contributed by atoms with Gasteiger partial charge >= 0.3 is 6.18 Å². The zero-order valence-electron chi connectivity index (χ0n) is 6.73. The van der Waals surface area contributed by atoms with E-state index in [1.54, 1.807) is 0 Å². The third-order valence-electron chi connectivity index (χ3n) is 1.73. The highest BCUT2D eigenvalue weighted by Crippen LogP contribution is 2.20. The number of halogens is 3. The summed E-state index contributed by atoms with van der Waals surface area (Å²) in [6.45, 7) is -0.580. The van der Waals surface area contributed by atoms with Crippen molar-refractivity contribution < 1.29 is 22.8 Å². The van der Waals surface area contributed by atoms with E-state index in [1.807, 2.05) is 0 Å². The first-order valence-corrected chi connectivity index (χ1v) is 3.75. The number of carbonyl (C=O) groups excluding carboxylic acids is 2. The minimum atomic E-state index is -4.27. The molecule has 1 aliphatic heterocycles. The maximum absolute atomic E-state index is 11.7. The monoisotopic (exact) mass is 195 g/mol. The molecule has 0 bridgehead atoms. The fourth-order valence-electron chi connectivity index (χ4n) is 1.10. The van der Waals surface area contributed by atoms with Crippen LogP contribution in [0.5, 0.6) is 0 Å². The maximum atomic E-state index is 11.7. The summed E-state index contributed by atoms with van der Waals surface area (Å²) in [4.78, 5) is 22.4. The lowest BCUT2D eigenvalue weighted by molar-refractivity contribution is -0.143. The number of hydrogen-bond acceptors (Lipinski definition) is 2. The molecule has 0 radical (unpaired) electrons. The van der Waals surface area contributed by atoms with E-state index in [9.17, 15) is 22.8 Å². The molecule has 1 aliphatic rings. The number of amides is 1. The Balaban J connectivity index is 2.38. The predicted molar refractivity (Wildman–Crippen MR) is 36.9 cm³/mol. The van der Waals surface area contributed by atoms with E-state index in [4.69, 9.17) is 0 Å². The normalized spacial score (nSPS) is 18.5. The third-order valence-corrected chi connectivity index (χ3v) is 1.73. The second-order valence-electron chi connectivity index (χ2n) is 2.90. The molecule has 0 aromatic carbocycles. The Morgan fingerprint density at radius 2 is 1.92 bits per heavy atom.